The summed E-state index contributed by atoms with van der Waals surface area (Å²) in [5.74, 6) is 2.26. The van der Waals surface area contributed by atoms with Crippen molar-refractivity contribution in [2.24, 2.45) is 22.9 Å². The van der Waals surface area contributed by atoms with Crippen LogP contribution in [0.5, 0.6) is 0 Å². The van der Waals surface area contributed by atoms with E-state index >= 15 is 0 Å². The van der Waals surface area contributed by atoms with E-state index in [1.165, 1.54) is 45.2 Å². The Labute approximate surface area is 97.5 Å². The number of likely N-dealkylation sites (tertiary alicyclic amines) is 1. The van der Waals surface area contributed by atoms with Gasteiger partial charge in [-0.3, -0.25) is 4.90 Å². The van der Waals surface area contributed by atoms with Crippen LogP contribution in [0.3, 0.4) is 0 Å². The molecular formula is C13H22N2O. The molecule has 1 saturated heterocycles. The second kappa shape index (κ2) is 4.02. The summed E-state index contributed by atoms with van der Waals surface area (Å²) in [5, 5.41) is 12.8. The maximum Gasteiger partial charge on any atom is 0.0775 e. The second-order valence-electron chi connectivity index (χ2n) is 5.96. The first-order chi connectivity index (χ1) is 7.79. The molecule has 2 bridgehead atoms. The standard InChI is InChI=1S/C13H22N2O/c1-9-4-6-15(7-5-9)13-11-3-2-10(8-11)12(13)14-16/h9-11,13,16H,2-8H2,1H3/b14-12-/t10-,11-,13-/m0/s1. The molecule has 3 fully saturated rings. The predicted molar refractivity (Wildman–Crippen MR) is 63.8 cm³/mol. The molecule has 16 heavy (non-hydrogen) atoms. The average molecular weight is 222 g/mol. The highest BCUT2D eigenvalue weighted by Gasteiger charge is 2.48. The minimum Gasteiger partial charge on any atom is -0.411 e. The van der Waals surface area contributed by atoms with Crippen LogP contribution < -0.4 is 0 Å². The van der Waals surface area contributed by atoms with Crippen molar-refractivity contribution in [2.75, 3.05) is 13.1 Å². The van der Waals surface area contributed by atoms with Crippen LogP contribution in [0.15, 0.2) is 5.16 Å². The fraction of sp³-hybridized carbons (Fsp3) is 0.923. The molecule has 1 aliphatic heterocycles. The van der Waals surface area contributed by atoms with E-state index in [1.54, 1.807) is 0 Å². The molecule has 2 aliphatic carbocycles. The zero-order chi connectivity index (χ0) is 11.1. The van der Waals surface area contributed by atoms with Crippen LogP contribution >= 0.6 is 0 Å². The lowest BCUT2D eigenvalue weighted by Gasteiger charge is -2.38. The Hall–Kier alpha value is -0.570. The summed E-state index contributed by atoms with van der Waals surface area (Å²) in [6, 6.07) is 0.483. The number of oxime groups is 1. The van der Waals surface area contributed by atoms with Crippen LogP contribution in [0, 0.1) is 17.8 Å². The number of piperidine rings is 1. The summed E-state index contributed by atoms with van der Waals surface area (Å²) >= 11 is 0. The normalized spacial score (nSPS) is 43.3. The van der Waals surface area contributed by atoms with Gasteiger partial charge in [-0.1, -0.05) is 12.1 Å². The molecule has 3 heteroatoms. The number of hydrogen-bond acceptors (Lipinski definition) is 3. The summed E-state index contributed by atoms with van der Waals surface area (Å²) in [4.78, 5) is 2.58. The molecule has 0 unspecified atom stereocenters. The van der Waals surface area contributed by atoms with Crippen molar-refractivity contribution in [3.63, 3.8) is 0 Å². The van der Waals surface area contributed by atoms with E-state index in [1.807, 2.05) is 0 Å². The molecule has 3 atom stereocenters. The van der Waals surface area contributed by atoms with E-state index in [2.05, 4.69) is 17.0 Å². The van der Waals surface area contributed by atoms with Gasteiger partial charge in [0.2, 0.25) is 0 Å². The van der Waals surface area contributed by atoms with Gasteiger partial charge in [0.05, 0.1) is 11.8 Å². The van der Waals surface area contributed by atoms with Gasteiger partial charge >= 0.3 is 0 Å². The molecule has 0 aromatic rings. The molecular weight excluding hydrogens is 200 g/mol. The van der Waals surface area contributed by atoms with E-state index in [0.717, 1.165) is 17.5 Å². The maximum absolute atomic E-state index is 9.20. The van der Waals surface area contributed by atoms with Gasteiger partial charge in [-0.2, -0.15) is 0 Å². The van der Waals surface area contributed by atoms with E-state index in [4.69, 9.17) is 0 Å². The van der Waals surface area contributed by atoms with Crippen molar-refractivity contribution in [1.82, 2.24) is 4.90 Å². The zero-order valence-corrected chi connectivity index (χ0v) is 10.1. The molecule has 0 aromatic carbocycles. The van der Waals surface area contributed by atoms with Gasteiger partial charge < -0.3 is 5.21 Å². The van der Waals surface area contributed by atoms with Crippen LogP contribution in [0.25, 0.3) is 0 Å². The molecule has 0 amide bonds. The summed E-state index contributed by atoms with van der Waals surface area (Å²) in [5.41, 5.74) is 1.10. The number of hydrogen-bond donors (Lipinski definition) is 1. The van der Waals surface area contributed by atoms with Gasteiger partial charge in [0.1, 0.15) is 0 Å². The van der Waals surface area contributed by atoms with Crippen molar-refractivity contribution in [1.29, 1.82) is 0 Å². The van der Waals surface area contributed by atoms with Crippen LogP contribution in [0.1, 0.15) is 39.0 Å². The minimum absolute atomic E-state index is 0.483. The summed E-state index contributed by atoms with van der Waals surface area (Å²) in [7, 11) is 0. The van der Waals surface area contributed by atoms with Gasteiger partial charge in [-0.25, -0.2) is 0 Å². The van der Waals surface area contributed by atoms with Crippen molar-refractivity contribution < 1.29 is 5.21 Å². The molecule has 0 aromatic heterocycles. The van der Waals surface area contributed by atoms with E-state index in [9.17, 15) is 5.21 Å². The largest absolute Gasteiger partial charge is 0.411 e. The summed E-state index contributed by atoms with van der Waals surface area (Å²) in [6.45, 7) is 4.75. The highest BCUT2D eigenvalue weighted by atomic mass is 16.4. The third kappa shape index (κ3) is 1.56. The molecule has 90 valence electrons. The zero-order valence-electron chi connectivity index (χ0n) is 10.1. The minimum atomic E-state index is 0.483. The lowest BCUT2D eigenvalue weighted by Crippen LogP contribution is -2.48. The number of fused-ring (bicyclic) bond motifs is 2. The molecule has 3 nitrogen and oxygen atoms in total. The molecule has 0 spiro atoms. The smallest absolute Gasteiger partial charge is 0.0775 e. The Morgan fingerprint density at radius 2 is 1.94 bits per heavy atom. The van der Waals surface area contributed by atoms with Gasteiger partial charge in [-0.05, 0) is 57.0 Å². The second-order valence-corrected chi connectivity index (χ2v) is 5.96. The van der Waals surface area contributed by atoms with E-state index in [-0.39, 0.29) is 0 Å². The summed E-state index contributed by atoms with van der Waals surface area (Å²) in [6.07, 6.45) is 6.50. The maximum atomic E-state index is 9.20. The first kappa shape index (κ1) is 10.6. The molecule has 3 aliphatic rings. The highest BCUT2D eigenvalue weighted by molar-refractivity contribution is 5.94. The van der Waals surface area contributed by atoms with Crippen LogP contribution in [0.2, 0.25) is 0 Å². The van der Waals surface area contributed by atoms with Gasteiger partial charge in [0.15, 0.2) is 0 Å². The lowest BCUT2D eigenvalue weighted by molar-refractivity contribution is 0.138. The van der Waals surface area contributed by atoms with Gasteiger partial charge in [-0.15, -0.1) is 0 Å². The Balaban J connectivity index is 1.74. The molecule has 1 N–H and O–H groups in total. The van der Waals surface area contributed by atoms with Crippen LogP contribution in [0.4, 0.5) is 0 Å². The molecule has 2 saturated carbocycles. The molecule has 0 radical (unpaired) electrons. The van der Waals surface area contributed by atoms with E-state index < -0.39 is 0 Å². The third-order valence-corrected chi connectivity index (χ3v) is 4.97. The fourth-order valence-corrected chi connectivity index (χ4v) is 3.99. The van der Waals surface area contributed by atoms with E-state index in [0.29, 0.717) is 12.0 Å². The van der Waals surface area contributed by atoms with Crippen molar-refractivity contribution in [3.8, 4) is 0 Å². The lowest BCUT2D eigenvalue weighted by atomic mass is 9.89. The Morgan fingerprint density at radius 3 is 2.62 bits per heavy atom. The number of rotatable bonds is 1. The number of nitrogens with zero attached hydrogens (tertiary/aromatic N) is 2. The Kier molecular flexibility index (Phi) is 2.66. The molecule has 1 heterocycles. The topological polar surface area (TPSA) is 35.8 Å². The predicted octanol–water partition coefficient (Wildman–Crippen LogP) is 2.35. The Bertz CT molecular complexity index is 294. The monoisotopic (exact) mass is 222 g/mol. The van der Waals surface area contributed by atoms with Crippen LogP contribution in [-0.2, 0) is 0 Å². The van der Waals surface area contributed by atoms with Crippen LogP contribution in [-0.4, -0.2) is 35.0 Å². The first-order valence-corrected chi connectivity index (χ1v) is 6.75. The van der Waals surface area contributed by atoms with Crippen molar-refractivity contribution in [2.45, 2.75) is 45.1 Å². The third-order valence-electron chi connectivity index (χ3n) is 4.97. The fourth-order valence-electron chi connectivity index (χ4n) is 3.99. The SMILES string of the molecule is CC1CCN([C@@H]2/C(=N\O)[C@H]3CC[C@H]2C3)CC1. The quantitative estimate of drug-likeness (QED) is 0.546. The van der Waals surface area contributed by atoms with Crippen molar-refractivity contribution >= 4 is 5.71 Å². The van der Waals surface area contributed by atoms with Gasteiger partial charge in [0, 0.05) is 5.92 Å². The van der Waals surface area contributed by atoms with Crippen molar-refractivity contribution in [3.05, 3.63) is 0 Å². The summed E-state index contributed by atoms with van der Waals surface area (Å²) < 4.78 is 0. The average Bonchev–Trinajstić information content (AvgIpc) is 2.89. The molecule has 3 rings (SSSR count). The van der Waals surface area contributed by atoms with Gasteiger partial charge in [0.25, 0.3) is 0 Å². The first-order valence-electron chi connectivity index (χ1n) is 6.75. The highest BCUT2D eigenvalue weighted by Crippen LogP contribution is 2.45. The Morgan fingerprint density at radius 1 is 1.19 bits per heavy atom.